The molecule has 1 fully saturated rings. The summed E-state index contributed by atoms with van der Waals surface area (Å²) >= 11 is 0. The van der Waals surface area contributed by atoms with E-state index in [-0.39, 0.29) is 6.04 Å². The van der Waals surface area contributed by atoms with Crippen molar-refractivity contribution in [2.75, 3.05) is 26.2 Å². The van der Waals surface area contributed by atoms with Crippen LogP contribution in [0.3, 0.4) is 0 Å². The van der Waals surface area contributed by atoms with Crippen molar-refractivity contribution in [2.45, 2.75) is 46.1 Å². The Morgan fingerprint density at radius 3 is 2.62 bits per heavy atom. The maximum atomic E-state index is 6.38. The molecule has 0 amide bonds. The number of nitrogens with zero attached hydrogens (tertiary/aromatic N) is 1. The molecule has 1 aromatic carbocycles. The number of hydrogen-bond acceptors (Lipinski definition) is 3. The minimum absolute atomic E-state index is 0.0825. The molecule has 1 aliphatic rings. The number of piperidine rings is 1. The van der Waals surface area contributed by atoms with Crippen molar-refractivity contribution in [3.05, 3.63) is 29.8 Å². The van der Waals surface area contributed by atoms with Crippen molar-refractivity contribution in [1.29, 1.82) is 0 Å². The van der Waals surface area contributed by atoms with Gasteiger partial charge < -0.3 is 15.4 Å². The van der Waals surface area contributed by atoms with Crippen LogP contribution in [0.15, 0.2) is 24.3 Å². The number of likely N-dealkylation sites (tertiary alicyclic amines) is 1. The van der Waals surface area contributed by atoms with E-state index >= 15 is 0 Å². The summed E-state index contributed by atoms with van der Waals surface area (Å²) in [5, 5.41) is 0. The van der Waals surface area contributed by atoms with Gasteiger partial charge in [0.1, 0.15) is 5.75 Å². The van der Waals surface area contributed by atoms with Crippen LogP contribution in [0.4, 0.5) is 0 Å². The molecule has 0 spiro atoms. The second-order valence-corrected chi connectivity index (χ2v) is 7.03. The van der Waals surface area contributed by atoms with E-state index < -0.39 is 0 Å². The zero-order valence-electron chi connectivity index (χ0n) is 13.8. The highest BCUT2D eigenvalue weighted by molar-refractivity contribution is 5.29. The lowest BCUT2D eigenvalue weighted by Gasteiger charge is -2.39. The van der Waals surface area contributed by atoms with Gasteiger partial charge in [0, 0.05) is 19.1 Å². The van der Waals surface area contributed by atoms with Crippen molar-refractivity contribution in [2.24, 2.45) is 11.1 Å². The fraction of sp³-hybridized carbons (Fsp3) is 0.667. The molecular weight excluding hydrogens is 260 g/mol. The molecule has 0 bridgehead atoms. The van der Waals surface area contributed by atoms with Gasteiger partial charge in [-0.1, -0.05) is 32.9 Å². The smallest absolute Gasteiger partial charge is 0.119 e. The number of rotatable bonds is 6. The Labute approximate surface area is 129 Å². The molecule has 3 heteroatoms. The minimum atomic E-state index is 0.0825. The number of nitrogens with two attached hydrogens (primary N) is 1. The first-order valence-corrected chi connectivity index (χ1v) is 8.21. The summed E-state index contributed by atoms with van der Waals surface area (Å²) in [7, 11) is 0. The SMILES string of the molecule is CCCOc1ccc(C(N)CN2CCCC(C)(C)C2)cc1. The van der Waals surface area contributed by atoms with Crippen LogP contribution in [0.2, 0.25) is 0 Å². The molecule has 21 heavy (non-hydrogen) atoms. The van der Waals surface area contributed by atoms with Crippen molar-refractivity contribution < 1.29 is 4.74 Å². The van der Waals surface area contributed by atoms with Gasteiger partial charge in [0.05, 0.1) is 6.61 Å². The maximum absolute atomic E-state index is 6.38. The molecule has 1 atom stereocenters. The van der Waals surface area contributed by atoms with Crippen LogP contribution in [0.1, 0.15) is 51.6 Å². The summed E-state index contributed by atoms with van der Waals surface area (Å²) in [5.74, 6) is 0.937. The first-order valence-electron chi connectivity index (χ1n) is 8.21. The van der Waals surface area contributed by atoms with Gasteiger partial charge in [-0.2, -0.15) is 0 Å². The molecule has 0 aliphatic carbocycles. The Hall–Kier alpha value is -1.06. The van der Waals surface area contributed by atoms with Gasteiger partial charge in [0.2, 0.25) is 0 Å². The van der Waals surface area contributed by atoms with E-state index in [9.17, 15) is 0 Å². The third kappa shape index (κ3) is 5.01. The molecule has 1 heterocycles. The molecule has 0 aromatic heterocycles. The van der Waals surface area contributed by atoms with Crippen LogP contribution < -0.4 is 10.5 Å². The van der Waals surface area contributed by atoms with Gasteiger partial charge in [-0.05, 0) is 48.9 Å². The standard InChI is InChI=1S/C18H30N2O/c1-4-12-21-16-8-6-15(7-9-16)17(19)13-20-11-5-10-18(2,3)14-20/h6-9,17H,4-5,10-14,19H2,1-3H3. The van der Waals surface area contributed by atoms with Crippen LogP contribution in [0.25, 0.3) is 0 Å². The van der Waals surface area contributed by atoms with E-state index in [0.29, 0.717) is 5.41 Å². The third-order valence-corrected chi connectivity index (χ3v) is 4.22. The monoisotopic (exact) mass is 290 g/mol. The highest BCUT2D eigenvalue weighted by Crippen LogP contribution is 2.29. The van der Waals surface area contributed by atoms with Crippen LogP contribution >= 0.6 is 0 Å². The highest BCUT2D eigenvalue weighted by atomic mass is 16.5. The van der Waals surface area contributed by atoms with Crippen LogP contribution in [0, 0.1) is 5.41 Å². The maximum Gasteiger partial charge on any atom is 0.119 e. The van der Waals surface area contributed by atoms with Crippen LogP contribution in [0.5, 0.6) is 5.75 Å². The quantitative estimate of drug-likeness (QED) is 0.870. The Bertz CT molecular complexity index is 427. The largest absolute Gasteiger partial charge is 0.494 e. The second-order valence-electron chi connectivity index (χ2n) is 7.03. The van der Waals surface area contributed by atoms with E-state index in [1.54, 1.807) is 0 Å². The topological polar surface area (TPSA) is 38.5 Å². The lowest BCUT2D eigenvalue weighted by Crippen LogP contribution is -2.43. The number of ether oxygens (including phenoxy) is 1. The fourth-order valence-electron chi connectivity index (χ4n) is 3.12. The summed E-state index contributed by atoms with van der Waals surface area (Å²) < 4.78 is 5.62. The molecule has 0 radical (unpaired) electrons. The van der Waals surface area contributed by atoms with Crippen molar-refractivity contribution >= 4 is 0 Å². The van der Waals surface area contributed by atoms with E-state index in [1.165, 1.54) is 24.9 Å². The Balaban J connectivity index is 1.89. The molecule has 2 N–H and O–H groups in total. The molecular formula is C18H30N2O. The summed E-state index contributed by atoms with van der Waals surface area (Å²) in [5.41, 5.74) is 8.01. The molecule has 1 aliphatic heterocycles. The summed E-state index contributed by atoms with van der Waals surface area (Å²) in [6.07, 6.45) is 3.64. The van der Waals surface area contributed by atoms with Gasteiger partial charge in [0.15, 0.2) is 0 Å². The lowest BCUT2D eigenvalue weighted by atomic mass is 9.84. The highest BCUT2D eigenvalue weighted by Gasteiger charge is 2.27. The Kier molecular flexibility index (Phi) is 5.65. The van der Waals surface area contributed by atoms with Gasteiger partial charge in [-0.15, -0.1) is 0 Å². The molecule has 2 rings (SSSR count). The van der Waals surface area contributed by atoms with E-state index in [1.807, 2.05) is 12.1 Å². The summed E-state index contributed by atoms with van der Waals surface area (Å²) in [6, 6.07) is 8.35. The van der Waals surface area contributed by atoms with Gasteiger partial charge in [0.25, 0.3) is 0 Å². The molecule has 118 valence electrons. The third-order valence-electron chi connectivity index (χ3n) is 4.22. The zero-order chi connectivity index (χ0) is 15.3. The second kappa shape index (κ2) is 7.28. The van der Waals surface area contributed by atoms with Crippen molar-refractivity contribution in [1.82, 2.24) is 4.90 Å². The molecule has 0 saturated carbocycles. The summed E-state index contributed by atoms with van der Waals surface area (Å²) in [4.78, 5) is 2.51. The van der Waals surface area contributed by atoms with E-state index in [4.69, 9.17) is 10.5 Å². The van der Waals surface area contributed by atoms with Crippen LogP contribution in [-0.4, -0.2) is 31.1 Å². The lowest BCUT2D eigenvalue weighted by molar-refractivity contribution is 0.112. The molecule has 1 unspecified atom stereocenters. The number of benzene rings is 1. The molecule has 1 saturated heterocycles. The van der Waals surface area contributed by atoms with Gasteiger partial charge in [-0.25, -0.2) is 0 Å². The first kappa shape index (κ1) is 16.3. The predicted octanol–water partition coefficient (Wildman–Crippen LogP) is 3.60. The predicted molar refractivity (Wildman–Crippen MR) is 88.6 cm³/mol. The van der Waals surface area contributed by atoms with Crippen molar-refractivity contribution in [3.63, 3.8) is 0 Å². The Morgan fingerprint density at radius 1 is 1.29 bits per heavy atom. The summed E-state index contributed by atoms with van der Waals surface area (Å²) in [6.45, 7) is 10.9. The normalized spacial score (nSPS) is 20.2. The minimum Gasteiger partial charge on any atom is -0.494 e. The van der Waals surface area contributed by atoms with Gasteiger partial charge >= 0.3 is 0 Å². The van der Waals surface area contributed by atoms with Crippen LogP contribution in [-0.2, 0) is 0 Å². The van der Waals surface area contributed by atoms with Crippen molar-refractivity contribution in [3.8, 4) is 5.75 Å². The van der Waals surface area contributed by atoms with E-state index in [2.05, 4.69) is 37.8 Å². The average Bonchev–Trinajstić information content (AvgIpc) is 2.44. The van der Waals surface area contributed by atoms with E-state index in [0.717, 1.165) is 31.9 Å². The van der Waals surface area contributed by atoms with Gasteiger partial charge in [-0.3, -0.25) is 0 Å². The Morgan fingerprint density at radius 2 is 2.00 bits per heavy atom. The molecule has 1 aromatic rings. The first-order chi connectivity index (χ1) is 10.00. The zero-order valence-corrected chi connectivity index (χ0v) is 13.8. The molecule has 3 nitrogen and oxygen atoms in total. The average molecular weight is 290 g/mol. The fourth-order valence-corrected chi connectivity index (χ4v) is 3.12. The number of hydrogen-bond donors (Lipinski definition) is 1.